The summed E-state index contributed by atoms with van der Waals surface area (Å²) < 4.78 is 0. The van der Waals surface area contributed by atoms with Crippen molar-refractivity contribution in [3.63, 3.8) is 0 Å². The zero-order chi connectivity index (χ0) is 12.0. The summed E-state index contributed by atoms with van der Waals surface area (Å²) in [6.07, 6.45) is 0. The van der Waals surface area contributed by atoms with Crippen LogP contribution in [0, 0.1) is 6.92 Å². The van der Waals surface area contributed by atoms with Crippen molar-refractivity contribution in [2.75, 3.05) is 0 Å². The molecule has 2 rings (SSSR count). The van der Waals surface area contributed by atoms with Gasteiger partial charge in [-0.25, -0.2) is 0 Å². The molecule has 1 heterocycles. The van der Waals surface area contributed by atoms with Crippen LogP contribution in [0.1, 0.15) is 5.56 Å². The fourth-order valence-electron chi connectivity index (χ4n) is 1.76. The largest absolute Gasteiger partial charge is 0.507 e. The maximum absolute atomic E-state index is 11.3. The van der Waals surface area contributed by atoms with Crippen LogP contribution in [0.4, 0.5) is 0 Å². The molecular formula is C12H11NO3. The highest BCUT2D eigenvalue weighted by molar-refractivity contribution is 5.92. The highest BCUT2D eigenvalue weighted by Gasteiger charge is 2.11. The molecule has 4 heteroatoms. The minimum absolute atomic E-state index is 0.0634. The minimum atomic E-state index is -0.337. The van der Waals surface area contributed by atoms with Gasteiger partial charge < -0.3 is 15.2 Å². The molecule has 0 fully saturated rings. The Morgan fingerprint density at radius 3 is 2.38 bits per heavy atom. The van der Waals surface area contributed by atoms with Crippen LogP contribution in [-0.4, -0.2) is 15.2 Å². The van der Waals surface area contributed by atoms with E-state index in [1.54, 1.807) is 6.92 Å². The van der Waals surface area contributed by atoms with E-state index in [0.717, 1.165) is 0 Å². The molecule has 1 aromatic heterocycles. The number of phenolic OH excluding ortho intramolecular Hbond substituents is 2. The molecule has 0 bridgehead atoms. The van der Waals surface area contributed by atoms with Gasteiger partial charge in [-0.2, -0.15) is 0 Å². The predicted octanol–water partition coefficient (Wildman–Crippen LogP) is 0.0683. The lowest BCUT2D eigenvalue weighted by Gasteiger charge is -2.07. The third kappa shape index (κ3) is 1.20. The normalized spacial score (nSPS) is 10.8. The van der Waals surface area contributed by atoms with Crippen LogP contribution in [0.3, 0.4) is 0 Å². The Kier molecular flexibility index (Phi) is 2.01. The number of H-pyrrole nitrogens is 1. The number of aromatic hydroxyl groups is 2. The van der Waals surface area contributed by atoms with Crippen LogP contribution in [0.5, 0.6) is 11.5 Å². The van der Waals surface area contributed by atoms with Crippen LogP contribution >= 0.6 is 0 Å². The molecule has 0 saturated heterocycles. The van der Waals surface area contributed by atoms with Gasteiger partial charge in [-0.1, -0.05) is 13.2 Å². The molecular weight excluding hydrogens is 206 g/mol. The molecule has 2 aromatic rings. The average Bonchev–Trinajstić information content (AvgIpc) is 2.22. The summed E-state index contributed by atoms with van der Waals surface area (Å²) in [5.41, 5.74) is 0.437. The molecule has 0 amide bonds. The van der Waals surface area contributed by atoms with Gasteiger partial charge in [0.2, 0.25) is 5.56 Å². The first-order valence-electron chi connectivity index (χ1n) is 4.69. The molecule has 4 nitrogen and oxygen atoms in total. The van der Waals surface area contributed by atoms with Crippen molar-refractivity contribution in [3.05, 3.63) is 32.4 Å². The molecule has 82 valence electrons. The Morgan fingerprint density at radius 1 is 1.19 bits per heavy atom. The molecule has 0 atom stereocenters. The summed E-state index contributed by atoms with van der Waals surface area (Å²) in [4.78, 5) is 13.8. The van der Waals surface area contributed by atoms with E-state index in [1.165, 1.54) is 6.07 Å². The van der Waals surface area contributed by atoms with E-state index < -0.39 is 0 Å². The zero-order valence-electron chi connectivity index (χ0n) is 8.79. The Bertz CT molecular complexity index is 744. The molecule has 0 aliphatic heterocycles. The number of benzene rings is 1. The van der Waals surface area contributed by atoms with Crippen molar-refractivity contribution in [2.45, 2.75) is 6.92 Å². The summed E-state index contributed by atoms with van der Waals surface area (Å²) in [7, 11) is 0. The second-order valence-corrected chi connectivity index (χ2v) is 3.72. The van der Waals surface area contributed by atoms with Crippen LogP contribution in [0.15, 0.2) is 10.9 Å². The number of rotatable bonds is 0. The number of pyridine rings is 1. The van der Waals surface area contributed by atoms with Gasteiger partial charge >= 0.3 is 0 Å². The van der Waals surface area contributed by atoms with Crippen molar-refractivity contribution in [1.29, 1.82) is 0 Å². The van der Waals surface area contributed by atoms with Gasteiger partial charge in [0, 0.05) is 21.9 Å². The second kappa shape index (κ2) is 3.13. The van der Waals surface area contributed by atoms with Gasteiger partial charge in [0.05, 0.1) is 5.52 Å². The molecule has 1 aromatic carbocycles. The van der Waals surface area contributed by atoms with Gasteiger partial charge in [-0.3, -0.25) is 4.79 Å². The highest BCUT2D eigenvalue weighted by Crippen LogP contribution is 2.25. The Morgan fingerprint density at radius 2 is 1.75 bits per heavy atom. The zero-order valence-corrected chi connectivity index (χ0v) is 8.79. The number of phenols is 2. The van der Waals surface area contributed by atoms with Crippen molar-refractivity contribution >= 4 is 24.1 Å². The van der Waals surface area contributed by atoms with Gasteiger partial charge in [0.15, 0.2) is 0 Å². The van der Waals surface area contributed by atoms with Gasteiger partial charge in [0.1, 0.15) is 11.5 Å². The number of aryl methyl sites for hydroxylation is 1. The first kappa shape index (κ1) is 10.3. The highest BCUT2D eigenvalue weighted by atomic mass is 16.3. The lowest BCUT2D eigenvalue weighted by atomic mass is 10.1. The maximum Gasteiger partial charge on any atom is 0.248 e. The predicted molar refractivity (Wildman–Crippen MR) is 62.9 cm³/mol. The minimum Gasteiger partial charge on any atom is -0.507 e. The third-order valence-electron chi connectivity index (χ3n) is 2.65. The van der Waals surface area contributed by atoms with Gasteiger partial charge in [0.25, 0.3) is 0 Å². The topological polar surface area (TPSA) is 73.3 Å². The Labute approximate surface area is 90.8 Å². The van der Waals surface area contributed by atoms with E-state index in [4.69, 9.17) is 0 Å². The van der Waals surface area contributed by atoms with Gasteiger partial charge in [-0.05, 0) is 12.5 Å². The molecule has 0 unspecified atom stereocenters. The maximum atomic E-state index is 11.3. The summed E-state index contributed by atoms with van der Waals surface area (Å²) in [6, 6.07) is 1.35. The summed E-state index contributed by atoms with van der Waals surface area (Å²) in [5.74, 6) is -0.217. The summed E-state index contributed by atoms with van der Waals surface area (Å²) in [6.45, 7) is 8.90. The molecule has 0 saturated carbocycles. The number of hydrogen-bond acceptors (Lipinski definition) is 3. The quantitative estimate of drug-likeness (QED) is 0.547. The van der Waals surface area contributed by atoms with E-state index in [1.807, 2.05) is 0 Å². The Hall–Kier alpha value is -2.23. The van der Waals surface area contributed by atoms with Crippen LogP contribution < -0.4 is 16.0 Å². The van der Waals surface area contributed by atoms with E-state index in [2.05, 4.69) is 18.1 Å². The molecule has 16 heavy (non-hydrogen) atoms. The molecule has 3 N–H and O–H groups in total. The lowest BCUT2D eigenvalue weighted by molar-refractivity contribution is 0.461. The van der Waals surface area contributed by atoms with Crippen LogP contribution in [0.2, 0.25) is 0 Å². The van der Waals surface area contributed by atoms with Crippen molar-refractivity contribution < 1.29 is 10.2 Å². The van der Waals surface area contributed by atoms with Gasteiger partial charge in [-0.15, -0.1) is 0 Å². The SMILES string of the molecule is C=c1c(O)c2[nH]c(=O)cc(C)c2c(O)c1=C. The number of aromatic nitrogens is 1. The van der Waals surface area contributed by atoms with Crippen LogP contribution in [-0.2, 0) is 0 Å². The van der Waals surface area contributed by atoms with Crippen LogP contribution in [0.25, 0.3) is 24.1 Å². The number of nitrogens with one attached hydrogen (secondary N) is 1. The van der Waals surface area contributed by atoms with E-state index >= 15 is 0 Å². The number of aromatic amines is 1. The molecule has 0 spiro atoms. The monoisotopic (exact) mass is 217 g/mol. The first-order valence-corrected chi connectivity index (χ1v) is 4.69. The molecule has 0 aliphatic rings. The average molecular weight is 217 g/mol. The van der Waals surface area contributed by atoms with E-state index in [0.29, 0.717) is 10.9 Å². The summed E-state index contributed by atoms with van der Waals surface area (Å²) >= 11 is 0. The standard InChI is InChI=1S/C12H11NO3/c1-5-4-8(14)13-10-9(5)11(15)6(2)7(3)12(10)16/h4,15-16H,2-3H2,1H3,(H,13,14). The number of fused-ring (bicyclic) bond motifs is 1. The lowest BCUT2D eigenvalue weighted by Crippen LogP contribution is -2.23. The van der Waals surface area contributed by atoms with Crippen molar-refractivity contribution in [2.24, 2.45) is 0 Å². The molecule has 0 aliphatic carbocycles. The van der Waals surface area contributed by atoms with E-state index in [-0.39, 0.29) is 33.0 Å². The van der Waals surface area contributed by atoms with Crippen molar-refractivity contribution in [3.8, 4) is 11.5 Å². The fourth-order valence-corrected chi connectivity index (χ4v) is 1.76. The fraction of sp³-hybridized carbons (Fsp3) is 0.0833. The third-order valence-corrected chi connectivity index (χ3v) is 2.65. The second-order valence-electron chi connectivity index (χ2n) is 3.72. The van der Waals surface area contributed by atoms with E-state index in [9.17, 15) is 15.0 Å². The number of hydrogen-bond donors (Lipinski definition) is 3. The smallest absolute Gasteiger partial charge is 0.248 e. The van der Waals surface area contributed by atoms with Crippen molar-refractivity contribution in [1.82, 2.24) is 4.98 Å². The first-order chi connectivity index (χ1) is 7.43. The Balaban J connectivity index is 3.28. The summed E-state index contributed by atoms with van der Waals surface area (Å²) in [5, 5.41) is 20.6. The molecule has 0 radical (unpaired) electrons.